The molecule has 0 radical (unpaired) electrons. The summed E-state index contributed by atoms with van der Waals surface area (Å²) in [5.41, 5.74) is 3.92. The van der Waals surface area contributed by atoms with E-state index < -0.39 is 0 Å². The maximum absolute atomic E-state index is 12.2. The maximum atomic E-state index is 12.2. The molecule has 1 aromatic carbocycles. The molecule has 3 nitrogen and oxygen atoms in total. The number of carbonyl (C=O) groups excluding carboxylic acids is 1. The van der Waals surface area contributed by atoms with E-state index in [-0.39, 0.29) is 5.78 Å². The SMILES string of the molecule is O=C(c1cscn1)c1cccc2c1OCCC2. The Hall–Kier alpha value is -1.68. The van der Waals surface area contributed by atoms with Gasteiger partial charge in [0.2, 0.25) is 5.78 Å². The molecule has 86 valence electrons. The van der Waals surface area contributed by atoms with Crippen LogP contribution < -0.4 is 4.74 Å². The number of benzene rings is 1. The van der Waals surface area contributed by atoms with Crippen molar-refractivity contribution in [3.05, 3.63) is 45.9 Å². The van der Waals surface area contributed by atoms with E-state index in [2.05, 4.69) is 4.98 Å². The summed E-state index contributed by atoms with van der Waals surface area (Å²) in [5.74, 6) is 0.696. The van der Waals surface area contributed by atoms with Crippen LogP contribution in [0.5, 0.6) is 5.75 Å². The topological polar surface area (TPSA) is 39.2 Å². The van der Waals surface area contributed by atoms with Gasteiger partial charge in [-0.3, -0.25) is 4.79 Å². The van der Waals surface area contributed by atoms with Gasteiger partial charge in [0.15, 0.2) is 0 Å². The summed E-state index contributed by atoms with van der Waals surface area (Å²) in [6, 6.07) is 5.74. The third-order valence-electron chi connectivity index (χ3n) is 2.84. The van der Waals surface area contributed by atoms with Gasteiger partial charge >= 0.3 is 0 Å². The Morgan fingerprint density at radius 2 is 2.35 bits per heavy atom. The molecule has 17 heavy (non-hydrogen) atoms. The zero-order valence-electron chi connectivity index (χ0n) is 9.18. The third-order valence-corrected chi connectivity index (χ3v) is 3.43. The van der Waals surface area contributed by atoms with Gasteiger partial charge in [-0.05, 0) is 24.5 Å². The fourth-order valence-corrected chi connectivity index (χ4v) is 2.56. The lowest BCUT2D eigenvalue weighted by Gasteiger charge is -2.19. The van der Waals surface area contributed by atoms with E-state index >= 15 is 0 Å². The molecule has 2 heterocycles. The van der Waals surface area contributed by atoms with Crippen LogP contribution in [0.1, 0.15) is 28.0 Å². The van der Waals surface area contributed by atoms with Gasteiger partial charge in [-0.25, -0.2) is 4.98 Å². The van der Waals surface area contributed by atoms with Crippen LogP contribution >= 0.6 is 11.3 Å². The Bertz CT molecular complexity index is 549. The second-order valence-corrected chi connectivity index (χ2v) is 4.67. The van der Waals surface area contributed by atoms with Crippen molar-refractivity contribution in [1.82, 2.24) is 4.98 Å². The summed E-state index contributed by atoms with van der Waals surface area (Å²) in [4.78, 5) is 16.3. The second-order valence-electron chi connectivity index (χ2n) is 3.95. The molecule has 0 N–H and O–H groups in total. The van der Waals surface area contributed by atoms with E-state index in [1.807, 2.05) is 18.2 Å². The highest BCUT2D eigenvalue weighted by molar-refractivity contribution is 7.07. The minimum Gasteiger partial charge on any atom is -0.493 e. The van der Waals surface area contributed by atoms with Crippen molar-refractivity contribution in [3.8, 4) is 5.75 Å². The highest BCUT2D eigenvalue weighted by Crippen LogP contribution is 2.30. The number of fused-ring (bicyclic) bond motifs is 1. The molecule has 1 aliphatic rings. The van der Waals surface area contributed by atoms with Gasteiger partial charge in [0.05, 0.1) is 17.7 Å². The molecule has 0 saturated carbocycles. The van der Waals surface area contributed by atoms with E-state index in [0.717, 1.165) is 24.2 Å². The number of hydrogen-bond donors (Lipinski definition) is 0. The Balaban J connectivity index is 2.06. The fraction of sp³-hybridized carbons (Fsp3) is 0.231. The number of ether oxygens (including phenoxy) is 1. The van der Waals surface area contributed by atoms with Crippen LogP contribution in [0, 0.1) is 0 Å². The van der Waals surface area contributed by atoms with Gasteiger partial charge in [0.25, 0.3) is 0 Å². The van der Waals surface area contributed by atoms with E-state index in [4.69, 9.17) is 4.74 Å². The van der Waals surface area contributed by atoms with Crippen LogP contribution in [-0.4, -0.2) is 17.4 Å². The molecule has 0 saturated heterocycles. The Morgan fingerprint density at radius 3 is 3.18 bits per heavy atom. The molecule has 0 spiro atoms. The van der Waals surface area contributed by atoms with E-state index in [9.17, 15) is 4.79 Å². The van der Waals surface area contributed by atoms with Crippen LogP contribution in [0.2, 0.25) is 0 Å². The number of nitrogens with zero attached hydrogens (tertiary/aromatic N) is 1. The molecule has 1 aromatic heterocycles. The monoisotopic (exact) mass is 245 g/mol. The van der Waals surface area contributed by atoms with E-state index in [1.165, 1.54) is 11.3 Å². The lowest BCUT2D eigenvalue weighted by molar-refractivity contribution is 0.103. The molecular formula is C13H11NO2S. The van der Waals surface area contributed by atoms with Crippen molar-refractivity contribution in [2.45, 2.75) is 12.8 Å². The molecular weight excluding hydrogens is 234 g/mol. The molecule has 2 aromatic rings. The predicted octanol–water partition coefficient (Wildman–Crippen LogP) is 2.70. The first kappa shape index (κ1) is 10.5. The van der Waals surface area contributed by atoms with Crippen molar-refractivity contribution in [2.75, 3.05) is 6.61 Å². The highest BCUT2D eigenvalue weighted by Gasteiger charge is 2.20. The summed E-state index contributed by atoms with van der Waals surface area (Å²) in [6.45, 7) is 0.689. The molecule has 0 amide bonds. The molecule has 0 bridgehead atoms. The number of thiazole rings is 1. The van der Waals surface area contributed by atoms with Crippen molar-refractivity contribution in [2.24, 2.45) is 0 Å². The average molecular weight is 245 g/mol. The van der Waals surface area contributed by atoms with Crippen LogP contribution in [-0.2, 0) is 6.42 Å². The number of carbonyl (C=O) groups is 1. The lowest BCUT2D eigenvalue weighted by Crippen LogP contribution is -2.13. The van der Waals surface area contributed by atoms with Gasteiger partial charge in [-0.2, -0.15) is 0 Å². The van der Waals surface area contributed by atoms with Crippen LogP contribution in [0.25, 0.3) is 0 Å². The number of aromatic nitrogens is 1. The zero-order chi connectivity index (χ0) is 11.7. The first-order chi connectivity index (χ1) is 8.36. The number of rotatable bonds is 2. The summed E-state index contributed by atoms with van der Waals surface area (Å²) in [5, 5.41) is 1.77. The third kappa shape index (κ3) is 1.85. The average Bonchev–Trinajstić information content (AvgIpc) is 2.91. The molecule has 0 atom stereocenters. The van der Waals surface area contributed by atoms with Crippen molar-refractivity contribution < 1.29 is 9.53 Å². The van der Waals surface area contributed by atoms with E-state index in [0.29, 0.717) is 17.9 Å². The summed E-state index contributed by atoms with van der Waals surface area (Å²) in [7, 11) is 0. The van der Waals surface area contributed by atoms with Crippen LogP contribution in [0.4, 0.5) is 0 Å². The Morgan fingerprint density at radius 1 is 1.41 bits per heavy atom. The van der Waals surface area contributed by atoms with Crippen LogP contribution in [0.3, 0.4) is 0 Å². The smallest absolute Gasteiger partial charge is 0.215 e. The predicted molar refractivity (Wildman–Crippen MR) is 65.8 cm³/mol. The summed E-state index contributed by atoms with van der Waals surface area (Å²) >= 11 is 1.43. The molecule has 0 fully saturated rings. The summed E-state index contributed by atoms with van der Waals surface area (Å²) < 4.78 is 5.63. The first-order valence-corrected chi connectivity index (χ1v) is 6.48. The van der Waals surface area contributed by atoms with E-state index in [1.54, 1.807) is 10.9 Å². The number of ketones is 1. The first-order valence-electron chi connectivity index (χ1n) is 5.54. The van der Waals surface area contributed by atoms with Crippen molar-refractivity contribution in [3.63, 3.8) is 0 Å². The minimum atomic E-state index is -0.0509. The van der Waals surface area contributed by atoms with Gasteiger partial charge in [0.1, 0.15) is 11.4 Å². The molecule has 3 rings (SSSR count). The van der Waals surface area contributed by atoms with Gasteiger partial charge in [0, 0.05) is 5.38 Å². The molecule has 4 heteroatoms. The Kier molecular flexibility index (Phi) is 2.65. The normalized spacial score (nSPS) is 13.9. The molecule has 0 unspecified atom stereocenters. The second kappa shape index (κ2) is 4.30. The maximum Gasteiger partial charge on any atom is 0.215 e. The van der Waals surface area contributed by atoms with Crippen molar-refractivity contribution >= 4 is 17.1 Å². The zero-order valence-corrected chi connectivity index (χ0v) is 10.00. The lowest BCUT2D eigenvalue weighted by atomic mass is 9.99. The Labute approximate surface area is 103 Å². The fourth-order valence-electron chi connectivity index (χ4n) is 2.03. The number of hydrogen-bond acceptors (Lipinski definition) is 4. The molecule has 1 aliphatic heterocycles. The largest absolute Gasteiger partial charge is 0.493 e. The quantitative estimate of drug-likeness (QED) is 0.764. The minimum absolute atomic E-state index is 0.0509. The number of aryl methyl sites for hydroxylation is 1. The van der Waals surface area contributed by atoms with Gasteiger partial charge in [-0.1, -0.05) is 12.1 Å². The standard InChI is InChI=1S/C13H11NO2S/c15-12(11-7-17-8-14-11)10-5-1-3-9-4-2-6-16-13(9)10/h1,3,5,7-8H,2,4,6H2. The molecule has 0 aliphatic carbocycles. The summed E-state index contributed by atoms with van der Waals surface area (Å²) in [6.07, 6.45) is 1.99. The van der Waals surface area contributed by atoms with Crippen LogP contribution in [0.15, 0.2) is 29.1 Å². The highest BCUT2D eigenvalue weighted by atomic mass is 32.1. The van der Waals surface area contributed by atoms with Crippen molar-refractivity contribution in [1.29, 1.82) is 0 Å². The van der Waals surface area contributed by atoms with Gasteiger partial charge < -0.3 is 4.74 Å². The number of para-hydroxylation sites is 1. The van der Waals surface area contributed by atoms with Gasteiger partial charge in [-0.15, -0.1) is 11.3 Å².